The molecule has 126 valence electrons. The van der Waals surface area contributed by atoms with Gasteiger partial charge in [0, 0.05) is 5.02 Å². The number of anilines is 1. The Bertz CT molecular complexity index is 755. The second-order valence-corrected chi connectivity index (χ2v) is 5.40. The van der Waals surface area contributed by atoms with Crippen LogP contribution in [-0.4, -0.2) is 25.1 Å². The van der Waals surface area contributed by atoms with Crippen molar-refractivity contribution < 1.29 is 23.5 Å². The maximum atomic E-state index is 13.5. The molecule has 2 aromatic carbocycles. The number of hydrogen-bond donors (Lipinski definition) is 1. The summed E-state index contributed by atoms with van der Waals surface area (Å²) >= 11 is 11.5. The first-order valence-corrected chi connectivity index (χ1v) is 7.49. The van der Waals surface area contributed by atoms with Crippen LogP contribution in [0.25, 0.3) is 0 Å². The Balaban J connectivity index is 1.77. The van der Waals surface area contributed by atoms with Gasteiger partial charge >= 0.3 is 5.97 Å². The second kappa shape index (κ2) is 8.52. The summed E-state index contributed by atoms with van der Waals surface area (Å²) in [5.41, 5.74) is -0.0623. The first-order valence-electron chi connectivity index (χ1n) is 6.73. The highest BCUT2D eigenvalue weighted by Gasteiger charge is 2.11. The molecule has 0 unspecified atom stereocenters. The third kappa shape index (κ3) is 5.40. The number of esters is 1. The molecule has 0 heterocycles. The van der Waals surface area contributed by atoms with Gasteiger partial charge in [0.15, 0.2) is 13.2 Å². The molecular formula is C16H12Cl2FNO4. The number of para-hydroxylation sites is 1. The van der Waals surface area contributed by atoms with Gasteiger partial charge in [-0.3, -0.25) is 4.79 Å². The standard InChI is InChI=1S/C16H12Cl2FNO4/c17-10-5-6-13(12(19)7-10)20-15(21)8-24-16(22)9-23-14-4-2-1-3-11(14)18/h1-7H,8-9H2,(H,20,21). The molecule has 2 aromatic rings. The van der Waals surface area contributed by atoms with Crippen LogP contribution in [0.4, 0.5) is 10.1 Å². The number of carbonyl (C=O) groups excluding carboxylic acids is 2. The predicted octanol–water partition coefficient (Wildman–Crippen LogP) is 3.69. The van der Waals surface area contributed by atoms with E-state index in [4.69, 9.17) is 32.7 Å². The quantitative estimate of drug-likeness (QED) is 0.786. The van der Waals surface area contributed by atoms with Crippen molar-refractivity contribution in [3.05, 3.63) is 58.3 Å². The molecule has 1 amide bonds. The van der Waals surface area contributed by atoms with Crippen LogP contribution in [0.5, 0.6) is 5.75 Å². The Hall–Kier alpha value is -2.31. The van der Waals surface area contributed by atoms with E-state index in [0.29, 0.717) is 10.8 Å². The maximum absolute atomic E-state index is 13.5. The Morgan fingerprint density at radius 2 is 1.83 bits per heavy atom. The van der Waals surface area contributed by atoms with Crippen LogP contribution in [0.1, 0.15) is 0 Å². The van der Waals surface area contributed by atoms with Crippen molar-refractivity contribution in [2.75, 3.05) is 18.5 Å². The summed E-state index contributed by atoms with van der Waals surface area (Å²) in [6.07, 6.45) is 0. The van der Waals surface area contributed by atoms with Crippen molar-refractivity contribution >= 4 is 40.8 Å². The fourth-order valence-electron chi connectivity index (χ4n) is 1.66. The van der Waals surface area contributed by atoms with Crippen molar-refractivity contribution in [3.8, 4) is 5.75 Å². The van der Waals surface area contributed by atoms with Crippen LogP contribution in [0.2, 0.25) is 10.0 Å². The second-order valence-electron chi connectivity index (χ2n) is 4.55. The van der Waals surface area contributed by atoms with Crippen molar-refractivity contribution in [1.82, 2.24) is 0 Å². The SMILES string of the molecule is O=C(COC(=O)COc1ccccc1Cl)Nc1ccc(Cl)cc1F. The fraction of sp³-hybridized carbons (Fsp3) is 0.125. The molecule has 5 nitrogen and oxygen atoms in total. The van der Waals surface area contributed by atoms with Gasteiger partial charge in [-0.15, -0.1) is 0 Å². The van der Waals surface area contributed by atoms with Crippen LogP contribution in [0.3, 0.4) is 0 Å². The minimum absolute atomic E-state index is 0.0623. The third-order valence-electron chi connectivity index (χ3n) is 2.75. The molecule has 0 saturated carbocycles. The Morgan fingerprint density at radius 1 is 1.08 bits per heavy atom. The molecule has 0 aromatic heterocycles. The van der Waals surface area contributed by atoms with Gasteiger partial charge in [-0.05, 0) is 30.3 Å². The number of amides is 1. The molecule has 2 rings (SSSR count). The third-order valence-corrected chi connectivity index (χ3v) is 3.30. The van der Waals surface area contributed by atoms with Crippen molar-refractivity contribution in [2.45, 2.75) is 0 Å². The van der Waals surface area contributed by atoms with Gasteiger partial charge < -0.3 is 14.8 Å². The highest BCUT2D eigenvalue weighted by molar-refractivity contribution is 6.32. The molecule has 0 aliphatic carbocycles. The predicted molar refractivity (Wildman–Crippen MR) is 87.9 cm³/mol. The maximum Gasteiger partial charge on any atom is 0.344 e. The largest absolute Gasteiger partial charge is 0.480 e. The summed E-state index contributed by atoms with van der Waals surface area (Å²) in [5.74, 6) is -1.82. The number of halogens is 3. The van der Waals surface area contributed by atoms with E-state index in [0.717, 1.165) is 6.07 Å². The van der Waals surface area contributed by atoms with Crippen molar-refractivity contribution in [3.63, 3.8) is 0 Å². The van der Waals surface area contributed by atoms with Crippen LogP contribution >= 0.6 is 23.2 Å². The lowest BCUT2D eigenvalue weighted by Gasteiger charge is -2.09. The van der Waals surface area contributed by atoms with E-state index in [1.165, 1.54) is 12.1 Å². The molecule has 0 bridgehead atoms. The first kappa shape index (κ1) is 18.0. The summed E-state index contributed by atoms with van der Waals surface area (Å²) in [6.45, 7) is -0.987. The first-order chi connectivity index (χ1) is 11.5. The molecule has 0 fully saturated rings. The normalized spacial score (nSPS) is 10.1. The van der Waals surface area contributed by atoms with Gasteiger partial charge in [0.25, 0.3) is 5.91 Å². The zero-order valence-corrected chi connectivity index (χ0v) is 13.7. The molecule has 8 heteroatoms. The smallest absolute Gasteiger partial charge is 0.344 e. The van der Waals surface area contributed by atoms with Crippen LogP contribution < -0.4 is 10.1 Å². The van der Waals surface area contributed by atoms with E-state index >= 15 is 0 Å². The van der Waals surface area contributed by atoms with Crippen LogP contribution in [0.15, 0.2) is 42.5 Å². The topological polar surface area (TPSA) is 64.6 Å². The molecule has 0 spiro atoms. The van der Waals surface area contributed by atoms with Crippen molar-refractivity contribution in [2.24, 2.45) is 0 Å². The minimum Gasteiger partial charge on any atom is -0.480 e. The molecule has 0 aliphatic rings. The van der Waals surface area contributed by atoms with Gasteiger partial charge in [-0.1, -0.05) is 35.3 Å². The molecule has 0 saturated heterocycles. The number of carbonyl (C=O) groups is 2. The minimum atomic E-state index is -0.762. The number of nitrogens with one attached hydrogen (secondary N) is 1. The monoisotopic (exact) mass is 371 g/mol. The Kier molecular flexibility index (Phi) is 6.40. The Morgan fingerprint density at radius 3 is 2.54 bits per heavy atom. The lowest BCUT2D eigenvalue weighted by Crippen LogP contribution is -2.24. The lowest BCUT2D eigenvalue weighted by atomic mass is 10.3. The van der Waals surface area contributed by atoms with Gasteiger partial charge in [0.2, 0.25) is 0 Å². The number of rotatable bonds is 6. The Labute approximate surface area is 147 Å². The molecule has 0 atom stereocenters. The summed E-state index contributed by atoms with van der Waals surface area (Å²) in [4.78, 5) is 23.2. The van der Waals surface area contributed by atoms with Gasteiger partial charge in [-0.25, -0.2) is 9.18 Å². The van der Waals surface area contributed by atoms with Crippen molar-refractivity contribution in [1.29, 1.82) is 0 Å². The summed E-state index contributed by atoms with van der Waals surface area (Å²) in [7, 11) is 0. The summed E-state index contributed by atoms with van der Waals surface area (Å²) in [5, 5.41) is 2.81. The van der Waals surface area contributed by atoms with E-state index in [1.807, 2.05) is 0 Å². The molecule has 1 N–H and O–H groups in total. The number of ether oxygens (including phenoxy) is 2. The average molecular weight is 372 g/mol. The highest BCUT2D eigenvalue weighted by Crippen LogP contribution is 2.23. The average Bonchev–Trinajstić information content (AvgIpc) is 2.55. The van der Waals surface area contributed by atoms with E-state index in [-0.39, 0.29) is 10.7 Å². The molecule has 24 heavy (non-hydrogen) atoms. The zero-order valence-electron chi connectivity index (χ0n) is 12.2. The summed E-state index contributed by atoms with van der Waals surface area (Å²) < 4.78 is 23.4. The van der Waals surface area contributed by atoms with E-state index in [2.05, 4.69) is 5.32 Å². The van der Waals surface area contributed by atoms with Crippen LogP contribution in [-0.2, 0) is 14.3 Å². The molecule has 0 radical (unpaired) electrons. The van der Waals surface area contributed by atoms with Gasteiger partial charge in [0.05, 0.1) is 10.7 Å². The van der Waals surface area contributed by atoms with Crippen LogP contribution in [0, 0.1) is 5.82 Å². The highest BCUT2D eigenvalue weighted by atomic mass is 35.5. The van der Waals surface area contributed by atoms with Gasteiger partial charge in [-0.2, -0.15) is 0 Å². The fourth-order valence-corrected chi connectivity index (χ4v) is 2.01. The zero-order chi connectivity index (χ0) is 17.5. The van der Waals surface area contributed by atoms with E-state index in [1.54, 1.807) is 24.3 Å². The van der Waals surface area contributed by atoms with E-state index in [9.17, 15) is 14.0 Å². The number of benzene rings is 2. The molecular weight excluding hydrogens is 360 g/mol. The summed E-state index contributed by atoms with van der Waals surface area (Å²) in [6, 6.07) is 10.4. The molecule has 0 aliphatic heterocycles. The van der Waals surface area contributed by atoms with Gasteiger partial charge in [0.1, 0.15) is 11.6 Å². The van der Waals surface area contributed by atoms with E-state index < -0.39 is 30.9 Å². The number of hydrogen-bond acceptors (Lipinski definition) is 4. The lowest BCUT2D eigenvalue weighted by molar-refractivity contribution is -0.149.